The first-order chi connectivity index (χ1) is 12.5. The van der Waals surface area contributed by atoms with Gasteiger partial charge >= 0.3 is 12.4 Å². The second-order valence-electron chi connectivity index (χ2n) is 7.08. The lowest BCUT2D eigenvalue weighted by Crippen LogP contribution is -2.67. The van der Waals surface area contributed by atoms with E-state index in [-0.39, 0.29) is 12.1 Å². The van der Waals surface area contributed by atoms with Crippen molar-refractivity contribution in [2.24, 2.45) is 27.8 Å². The minimum Gasteiger partial charge on any atom is -0.271 e. The molecular weight excluding hydrogens is 374 g/mol. The van der Waals surface area contributed by atoms with Crippen LogP contribution in [0.1, 0.15) is 13.3 Å². The molecule has 1 aromatic rings. The van der Waals surface area contributed by atoms with Gasteiger partial charge in [-0.3, -0.25) is 4.79 Å². The van der Waals surface area contributed by atoms with Crippen LogP contribution in [0.15, 0.2) is 47.6 Å². The van der Waals surface area contributed by atoms with Crippen LogP contribution in [-0.4, -0.2) is 24.0 Å². The first-order valence-electron chi connectivity index (χ1n) is 8.26. The smallest absolute Gasteiger partial charge is 0.271 e. The number of amides is 1. The summed E-state index contributed by atoms with van der Waals surface area (Å²) in [5.74, 6) is -4.35. The van der Waals surface area contributed by atoms with Crippen LogP contribution in [0.4, 0.5) is 32.0 Å². The van der Waals surface area contributed by atoms with Gasteiger partial charge in [0.2, 0.25) is 0 Å². The summed E-state index contributed by atoms with van der Waals surface area (Å²) in [6.07, 6.45) is -9.49. The number of allylic oxidation sites excluding steroid dienone is 2. The number of halogens is 6. The number of hydrogen-bond acceptors (Lipinski definition) is 2. The Bertz CT molecular complexity index is 843. The van der Waals surface area contributed by atoms with E-state index in [0.717, 1.165) is 13.0 Å². The van der Waals surface area contributed by atoms with E-state index in [1.165, 1.54) is 30.3 Å². The van der Waals surface area contributed by atoms with Gasteiger partial charge in [-0.15, -0.1) is 0 Å². The van der Waals surface area contributed by atoms with Gasteiger partial charge in [-0.05, 0) is 31.4 Å². The fourth-order valence-corrected chi connectivity index (χ4v) is 5.18. The predicted molar refractivity (Wildman–Crippen MR) is 84.8 cm³/mol. The Kier molecular flexibility index (Phi) is 3.44. The molecule has 3 aliphatic rings. The Morgan fingerprint density at radius 2 is 1.56 bits per heavy atom. The number of rotatable bonds is 1. The molecule has 0 aromatic heterocycles. The van der Waals surface area contributed by atoms with E-state index >= 15 is 0 Å². The predicted octanol–water partition coefficient (Wildman–Crippen LogP) is 4.71. The summed E-state index contributed by atoms with van der Waals surface area (Å²) >= 11 is 0. The topological polar surface area (TPSA) is 32.7 Å². The Morgan fingerprint density at radius 1 is 1.00 bits per heavy atom. The van der Waals surface area contributed by atoms with Crippen LogP contribution in [-0.2, 0) is 4.79 Å². The van der Waals surface area contributed by atoms with Crippen LogP contribution in [0.2, 0.25) is 0 Å². The zero-order valence-corrected chi connectivity index (χ0v) is 14.0. The minimum absolute atomic E-state index is 0.128. The number of para-hydroxylation sites is 1. The van der Waals surface area contributed by atoms with E-state index in [4.69, 9.17) is 0 Å². The number of anilines is 1. The lowest BCUT2D eigenvalue weighted by atomic mass is 9.54. The third-order valence-corrected chi connectivity index (χ3v) is 6.06. The van der Waals surface area contributed by atoms with Crippen molar-refractivity contribution >= 4 is 17.3 Å². The fraction of sp³-hybridized carbons (Fsp3) is 0.444. The molecule has 1 aromatic carbocycles. The molecule has 3 nitrogen and oxygen atoms in total. The number of carbonyl (C=O) groups is 1. The summed E-state index contributed by atoms with van der Waals surface area (Å²) in [6.45, 7) is 1.08. The van der Waals surface area contributed by atoms with E-state index in [0.29, 0.717) is 5.01 Å². The first kappa shape index (κ1) is 18.1. The molecular formula is C18H14F6N2O. The summed E-state index contributed by atoms with van der Waals surface area (Å²) < 4.78 is 85.0. The molecule has 1 aliphatic heterocycles. The zero-order valence-electron chi connectivity index (χ0n) is 14.0. The van der Waals surface area contributed by atoms with Gasteiger partial charge in [0.05, 0.1) is 11.4 Å². The molecule has 1 spiro atoms. The van der Waals surface area contributed by atoms with E-state index in [1.807, 2.05) is 0 Å². The maximum atomic E-state index is 14.2. The van der Waals surface area contributed by atoms with Crippen molar-refractivity contribution in [2.75, 3.05) is 5.01 Å². The third-order valence-electron chi connectivity index (χ3n) is 6.06. The normalized spacial score (nSPS) is 31.9. The number of nitrogens with zero attached hydrogens (tertiary/aromatic N) is 2. The van der Waals surface area contributed by atoms with Crippen molar-refractivity contribution in [3.05, 3.63) is 42.5 Å². The molecule has 0 radical (unpaired) electrons. The van der Waals surface area contributed by atoms with Crippen molar-refractivity contribution in [1.82, 2.24) is 0 Å². The SMILES string of the molecule is CC1=NN(c2ccccc2)C(=O)[C@]12[C@@H]1C=C[C@@H](C1)C2(C(F)(F)F)C(F)(F)F. The van der Waals surface area contributed by atoms with Gasteiger partial charge in [0.25, 0.3) is 5.91 Å². The number of fused-ring (bicyclic) bond motifs is 3. The quantitative estimate of drug-likeness (QED) is 0.507. The van der Waals surface area contributed by atoms with Gasteiger partial charge in [0, 0.05) is 5.92 Å². The van der Waals surface area contributed by atoms with Crippen LogP contribution in [0.5, 0.6) is 0 Å². The van der Waals surface area contributed by atoms with Gasteiger partial charge in [0.15, 0.2) is 5.41 Å². The Labute approximate surface area is 150 Å². The Hall–Kier alpha value is -2.32. The summed E-state index contributed by atoms with van der Waals surface area (Å²) in [6, 6.07) is 7.51. The second-order valence-corrected chi connectivity index (χ2v) is 7.08. The summed E-state index contributed by atoms with van der Waals surface area (Å²) in [5, 5.41) is 4.56. The lowest BCUT2D eigenvalue weighted by molar-refractivity contribution is -0.368. The van der Waals surface area contributed by atoms with Crippen LogP contribution in [0.25, 0.3) is 0 Å². The number of hydrazone groups is 1. The highest BCUT2D eigenvalue weighted by molar-refractivity contribution is 6.20. The Balaban J connectivity index is 2.00. The molecule has 1 heterocycles. The highest BCUT2D eigenvalue weighted by Crippen LogP contribution is 2.76. The fourth-order valence-electron chi connectivity index (χ4n) is 5.18. The summed E-state index contributed by atoms with van der Waals surface area (Å²) in [7, 11) is 0. The van der Waals surface area contributed by atoms with Crippen LogP contribution in [0, 0.1) is 22.7 Å². The largest absolute Gasteiger partial charge is 0.405 e. The molecule has 4 rings (SSSR count). The monoisotopic (exact) mass is 388 g/mol. The van der Waals surface area contributed by atoms with Crippen molar-refractivity contribution in [1.29, 1.82) is 0 Å². The molecule has 2 aliphatic carbocycles. The molecule has 1 fully saturated rings. The molecule has 1 saturated carbocycles. The highest BCUT2D eigenvalue weighted by Gasteiger charge is 2.90. The van der Waals surface area contributed by atoms with Gasteiger partial charge in [-0.25, -0.2) is 0 Å². The third kappa shape index (κ3) is 1.84. The highest BCUT2D eigenvalue weighted by atomic mass is 19.4. The van der Waals surface area contributed by atoms with Crippen molar-refractivity contribution in [3.8, 4) is 0 Å². The van der Waals surface area contributed by atoms with Gasteiger partial charge in [0.1, 0.15) is 5.41 Å². The molecule has 0 unspecified atom stereocenters. The minimum atomic E-state index is -5.67. The van der Waals surface area contributed by atoms with Gasteiger partial charge < -0.3 is 0 Å². The van der Waals surface area contributed by atoms with Crippen LogP contribution < -0.4 is 5.01 Å². The van der Waals surface area contributed by atoms with Crippen LogP contribution >= 0.6 is 0 Å². The second kappa shape index (κ2) is 5.14. The molecule has 1 amide bonds. The molecule has 3 atom stereocenters. The molecule has 144 valence electrons. The average molecular weight is 388 g/mol. The van der Waals surface area contributed by atoms with E-state index < -0.39 is 46.6 Å². The number of benzene rings is 1. The van der Waals surface area contributed by atoms with Gasteiger partial charge in [-0.2, -0.15) is 36.5 Å². The zero-order chi connectivity index (χ0) is 19.8. The number of carbonyl (C=O) groups excluding carboxylic acids is 1. The molecule has 0 saturated heterocycles. The van der Waals surface area contributed by atoms with E-state index in [9.17, 15) is 31.1 Å². The summed E-state index contributed by atoms with van der Waals surface area (Å²) in [5.41, 5.74) is -7.34. The Morgan fingerprint density at radius 3 is 2.11 bits per heavy atom. The first-order valence-corrected chi connectivity index (χ1v) is 8.26. The van der Waals surface area contributed by atoms with Crippen molar-refractivity contribution in [2.45, 2.75) is 25.7 Å². The molecule has 27 heavy (non-hydrogen) atoms. The molecule has 0 N–H and O–H groups in total. The van der Waals surface area contributed by atoms with Crippen molar-refractivity contribution < 1.29 is 31.1 Å². The van der Waals surface area contributed by atoms with Crippen molar-refractivity contribution in [3.63, 3.8) is 0 Å². The van der Waals surface area contributed by atoms with E-state index in [2.05, 4.69) is 5.10 Å². The maximum absolute atomic E-state index is 14.2. The average Bonchev–Trinajstić information content (AvgIpc) is 3.22. The standard InChI is InChI=1S/C18H14F6N2O/c1-10-15(14(27)26(25-10)13-5-3-2-4-6-13)11-7-8-12(9-11)16(15,17(19,20)21)18(22,23)24/h2-8,11-12H,9H2,1H3/t11-,12+,15-/m1/s1. The lowest BCUT2D eigenvalue weighted by Gasteiger charge is -2.49. The maximum Gasteiger partial charge on any atom is 0.405 e. The summed E-state index contributed by atoms with van der Waals surface area (Å²) in [4.78, 5) is 13.2. The van der Waals surface area contributed by atoms with Gasteiger partial charge in [-0.1, -0.05) is 30.4 Å². The number of alkyl halides is 6. The van der Waals surface area contributed by atoms with E-state index in [1.54, 1.807) is 6.07 Å². The molecule has 9 heteroatoms. The molecule has 2 bridgehead atoms. The van der Waals surface area contributed by atoms with Crippen LogP contribution in [0.3, 0.4) is 0 Å². The number of hydrogen-bond donors (Lipinski definition) is 0.